The van der Waals surface area contributed by atoms with E-state index in [9.17, 15) is 4.79 Å². The van der Waals surface area contributed by atoms with Crippen LogP contribution in [0.5, 0.6) is 5.75 Å². The molecule has 4 nitrogen and oxygen atoms in total. The van der Waals surface area contributed by atoms with Crippen molar-refractivity contribution < 1.29 is 14.3 Å². The molecule has 0 aliphatic heterocycles. The van der Waals surface area contributed by atoms with Gasteiger partial charge in [-0.2, -0.15) is 0 Å². The number of aryl methyl sites for hydroxylation is 1. The van der Waals surface area contributed by atoms with Gasteiger partial charge in [-0.25, -0.2) is 0 Å². The number of carbonyl (C=O) groups is 1. The van der Waals surface area contributed by atoms with E-state index in [0.29, 0.717) is 13.0 Å². The molecule has 148 valence electrons. The number of rotatable bonds is 14. The lowest BCUT2D eigenvalue weighted by Crippen LogP contribution is -2.27. The van der Waals surface area contributed by atoms with Crippen LogP contribution in [0.1, 0.15) is 63.5 Å². The Bertz CT molecular complexity index is 516. The highest BCUT2D eigenvalue weighted by Gasteiger charge is 2.06. The molecule has 0 saturated carbocycles. The molecule has 0 aromatic heterocycles. The van der Waals surface area contributed by atoms with Gasteiger partial charge in [0.05, 0.1) is 13.7 Å². The first kappa shape index (κ1) is 22.5. The quantitative estimate of drug-likeness (QED) is 0.352. The molecule has 4 heteroatoms. The maximum atomic E-state index is 11.3. The highest BCUT2D eigenvalue weighted by atomic mass is 16.5. The summed E-state index contributed by atoms with van der Waals surface area (Å²) in [7, 11) is 1.72. The molecular weight excluding hydrogens is 326 g/mol. The number of methoxy groups -OCH3 is 1. The molecule has 1 aromatic rings. The number of likely N-dealkylation sites (N-methyl/N-ethyl adjacent to an activating group) is 1. The molecule has 0 atom stereocenters. The Labute approximate surface area is 159 Å². The predicted molar refractivity (Wildman–Crippen MR) is 108 cm³/mol. The summed E-state index contributed by atoms with van der Waals surface area (Å²) in [4.78, 5) is 13.8. The average molecular weight is 364 g/mol. The van der Waals surface area contributed by atoms with Crippen molar-refractivity contribution in [2.45, 2.75) is 65.7 Å². The minimum absolute atomic E-state index is 0.0579. The van der Waals surface area contributed by atoms with Crippen molar-refractivity contribution in [1.29, 1.82) is 0 Å². The number of benzene rings is 1. The Morgan fingerprint density at radius 1 is 1.04 bits per heavy atom. The molecule has 0 heterocycles. The maximum absolute atomic E-state index is 11.3. The zero-order chi connectivity index (χ0) is 19.2. The molecule has 0 spiro atoms. The van der Waals surface area contributed by atoms with Gasteiger partial charge in [0.1, 0.15) is 5.75 Å². The third kappa shape index (κ3) is 9.23. The molecular formula is C22H37NO3. The summed E-state index contributed by atoms with van der Waals surface area (Å²) in [5.74, 6) is 0.883. The van der Waals surface area contributed by atoms with E-state index in [-0.39, 0.29) is 5.97 Å². The molecule has 1 aromatic carbocycles. The predicted octanol–water partition coefficient (Wildman–Crippen LogP) is 4.77. The summed E-state index contributed by atoms with van der Waals surface area (Å²) in [6, 6.07) is 6.33. The Morgan fingerprint density at radius 2 is 1.77 bits per heavy atom. The van der Waals surface area contributed by atoms with Crippen LogP contribution >= 0.6 is 0 Å². The van der Waals surface area contributed by atoms with Crippen molar-refractivity contribution in [1.82, 2.24) is 4.90 Å². The Hall–Kier alpha value is -1.55. The highest BCUT2D eigenvalue weighted by Crippen LogP contribution is 2.18. The minimum Gasteiger partial charge on any atom is -0.497 e. The summed E-state index contributed by atoms with van der Waals surface area (Å²) < 4.78 is 10.3. The summed E-state index contributed by atoms with van der Waals surface area (Å²) in [6.45, 7) is 10.1. The van der Waals surface area contributed by atoms with Crippen LogP contribution in [0.3, 0.4) is 0 Å². The van der Waals surface area contributed by atoms with Crippen LogP contribution in [0.2, 0.25) is 0 Å². The lowest BCUT2D eigenvalue weighted by molar-refractivity contribution is -0.143. The van der Waals surface area contributed by atoms with Crippen molar-refractivity contribution >= 4 is 5.97 Å². The van der Waals surface area contributed by atoms with Crippen molar-refractivity contribution in [2.24, 2.45) is 0 Å². The van der Waals surface area contributed by atoms with Gasteiger partial charge in [-0.05, 0) is 69.5 Å². The summed E-state index contributed by atoms with van der Waals surface area (Å²) in [5, 5.41) is 0. The second-order valence-corrected chi connectivity index (χ2v) is 6.80. The fourth-order valence-electron chi connectivity index (χ4n) is 3.12. The number of carbonyl (C=O) groups excluding carboxylic acids is 1. The van der Waals surface area contributed by atoms with Crippen LogP contribution in [0.4, 0.5) is 0 Å². The first-order valence-corrected chi connectivity index (χ1v) is 10.1. The van der Waals surface area contributed by atoms with Crippen molar-refractivity contribution in [3.05, 3.63) is 29.3 Å². The standard InChI is InChI=1S/C22H37NO3/c1-5-23(16-11-9-7-8-10-12-22(24)26-6-2)17-15-20-18-21(25-4)14-13-19(20)3/h13-14,18H,5-12,15-17H2,1-4H3. The van der Waals surface area contributed by atoms with Gasteiger partial charge in [0.2, 0.25) is 0 Å². The molecule has 0 radical (unpaired) electrons. The minimum atomic E-state index is -0.0579. The van der Waals surface area contributed by atoms with E-state index in [1.165, 1.54) is 30.4 Å². The number of ether oxygens (including phenoxy) is 2. The van der Waals surface area contributed by atoms with Crippen LogP contribution < -0.4 is 4.74 Å². The lowest BCUT2D eigenvalue weighted by Gasteiger charge is -2.21. The van der Waals surface area contributed by atoms with E-state index in [1.54, 1.807) is 7.11 Å². The summed E-state index contributed by atoms with van der Waals surface area (Å²) in [6.07, 6.45) is 7.36. The molecule has 0 unspecified atom stereocenters. The lowest BCUT2D eigenvalue weighted by atomic mass is 10.0. The molecule has 0 N–H and O–H groups in total. The normalized spacial score (nSPS) is 11.0. The molecule has 0 aliphatic carbocycles. The molecule has 0 aliphatic rings. The fourth-order valence-corrected chi connectivity index (χ4v) is 3.12. The van der Waals surface area contributed by atoms with Gasteiger partial charge < -0.3 is 14.4 Å². The van der Waals surface area contributed by atoms with E-state index in [2.05, 4.69) is 30.9 Å². The van der Waals surface area contributed by atoms with Gasteiger partial charge in [0.15, 0.2) is 0 Å². The Kier molecular flexibility index (Phi) is 11.8. The number of unbranched alkanes of at least 4 members (excludes halogenated alkanes) is 4. The van der Waals surface area contributed by atoms with E-state index < -0.39 is 0 Å². The van der Waals surface area contributed by atoms with Gasteiger partial charge in [0, 0.05) is 13.0 Å². The molecule has 0 amide bonds. The van der Waals surface area contributed by atoms with Crippen LogP contribution in [-0.2, 0) is 16.0 Å². The second kappa shape index (κ2) is 13.6. The molecule has 26 heavy (non-hydrogen) atoms. The summed E-state index contributed by atoms with van der Waals surface area (Å²) in [5.41, 5.74) is 2.71. The van der Waals surface area contributed by atoms with Gasteiger partial charge in [-0.3, -0.25) is 4.79 Å². The second-order valence-electron chi connectivity index (χ2n) is 6.80. The fraction of sp³-hybridized carbons (Fsp3) is 0.682. The van der Waals surface area contributed by atoms with Crippen LogP contribution in [0.25, 0.3) is 0 Å². The Balaban J connectivity index is 2.18. The largest absolute Gasteiger partial charge is 0.497 e. The van der Waals surface area contributed by atoms with Crippen molar-refractivity contribution in [3.8, 4) is 5.75 Å². The number of hydrogen-bond donors (Lipinski definition) is 0. The van der Waals surface area contributed by atoms with Gasteiger partial charge in [-0.1, -0.05) is 32.3 Å². The van der Waals surface area contributed by atoms with Crippen LogP contribution in [-0.4, -0.2) is 44.2 Å². The van der Waals surface area contributed by atoms with Crippen molar-refractivity contribution in [2.75, 3.05) is 33.4 Å². The van der Waals surface area contributed by atoms with E-state index in [1.807, 2.05) is 13.0 Å². The van der Waals surface area contributed by atoms with E-state index in [4.69, 9.17) is 9.47 Å². The highest BCUT2D eigenvalue weighted by molar-refractivity contribution is 5.69. The third-order valence-electron chi connectivity index (χ3n) is 4.86. The maximum Gasteiger partial charge on any atom is 0.305 e. The molecule has 0 fully saturated rings. The van der Waals surface area contributed by atoms with Gasteiger partial charge in [-0.15, -0.1) is 0 Å². The number of esters is 1. The first-order chi connectivity index (χ1) is 12.6. The van der Waals surface area contributed by atoms with E-state index >= 15 is 0 Å². The van der Waals surface area contributed by atoms with Crippen molar-refractivity contribution in [3.63, 3.8) is 0 Å². The Morgan fingerprint density at radius 3 is 2.46 bits per heavy atom. The third-order valence-corrected chi connectivity index (χ3v) is 4.86. The van der Waals surface area contributed by atoms with Crippen LogP contribution in [0.15, 0.2) is 18.2 Å². The number of nitrogens with zero attached hydrogens (tertiary/aromatic N) is 1. The molecule has 0 bridgehead atoms. The van der Waals surface area contributed by atoms with E-state index in [0.717, 1.165) is 44.6 Å². The molecule has 1 rings (SSSR count). The van der Waals surface area contributed by atoms with Gasteiger partial charge in [0.25, 0.3) is 0 Å². The molecule has 0 saturated heterocycles. The topological polar surface area (TPSA) is 38.8 Å². The van der Waals surface area contributed by atoms with Crippen LogP contribution in [0, 0.1) is 6.92 Å². The zero-order valence-corrected chi connectivity index (χ0v) is 17.2. The monoisotopic (exact) mass is 363 g/mol. The zero-order valence-electron chi connectivity index (χ0n) is 17.2. The number of hydrogen-bond acceptors (Lipinski definition) is 4. The van der Waals surface area contributed by atoms with Gasteiger partial charge >= 0.3 is 5.97 Å². The first-order valence-electron chi connectivity index (χ1n) is 10.1. The SMILES string of the molecule is CCOC(=O)CCCCCCCN(CC)CCc1cc(OC)ccc1C. The average Bonchev–Trinajstić information content (AvgIpc) is 2.64. The smallest absolute Gasteiger partial charge is 0.305 e. The summed E-state index contributed by atoms with van der Waals surface area (Å²) >= 11 is 0.